The molecule has 3 heteroatoms. The molecule has 2 bridgehead atoms. The maximum atomic E-state index is 13.7. The Morgan fingerprint density at radius 3 is 2.39 bits per heavy atom. The molecule has 0 spiro atoms. The molecule has 6 atom stereocenters. The molecule has 3 nitrogen and oxygen atoms in total. The van der Waals surface area contributed by atoms with Crippen LogP contribution in [0.2, 0.25) is 0 Å². The molecule has 0 unspecified atom stereocenters. The first kappa shape index (κ1) is 22.4. The molecule has 1 saturated heterocycles. The van der Waals surface area contributed by atoms with Crippen LogP contribution in [-0.4, -0.2) is 29.1 Å². The van der Waals surface area contributed by atoms with Crippen LogP contribution < -0.4 is 0 Å². The van der Waals surface area contributed by atoms with Crippen molar-refractivity contribution in [3.05, 3.63) is 83.9 Å². The minimum Gasteiger partial charge on any atom is -0.461 e. The first-order valence-corrected chi connectivity index (χ1v) is 12.7. The lowest BCUT2D eigenvalue weighted by Gasteiger charge is -2.44. The monoisotopic (exact) mass is 443 g/mol. The predicted octanol–water partition coefficient (Wildman–Crippen LogP) is 6.14. The van der Waals surface area contributed by atoms with Crippen molar-refractivity contribution < 1.29 is 9.53 Å². The van der Waals surface area contributed by atoms with Crippen LogP contribution in [0.25, 0.3) is 0 Å². The molecule has 2 aliphatic carbocycles. The second-order valence-corrected chi connectivity index (χ2v) is 11.0. The summed E-state index contributed by atoms with van der Waals surface area (Å²) in [6, 6.07) is 21.4. The van der Waals surface area contributed by atoms with E-state index in [4.69, 9.17) is 4.74 Å². The summed E-state index contributed by atoms with van der Waals surface area (Å²) in [6.45, 7) is 7.75. The fourth-order valence-electron chi connectivity index (χ4n) is 6.54. The first-order valence-electron chi connectivity index (χ1n) is 12.7. The number of hydrogen-bond acceptors (Lipinski definition) is 3. The minimum absolute atomic E-state index is 0.0178. The van der Waals surface area contributed by atoms with Crippen molar-refractivity contribution in [1.82, 2.24) is 4.90 Å². The highest BCUT2D eigenvalue weighted by molar-refractivity contribution is 5.78. The Morgan fingerprint density at radius 1 is 0.970 bits per heavy atom. The zero-order valence-corrected chi connectivity index (χ0v) is 20.2. The van der Waals surface area contributed by atoms with Crippen LogP contribution in [0, 0.1) is 17.8 Å². The Morgan fingerprint density at radius 2 is 1.67 bits per heavy atom. The number of carbonyl (C=O) groups excluding carboxylic acids is 1. The molecule has 1 aliphatic heterocycles. The molecular weight excluding hydrogens is 406 g/mol. The van der Waals surface area contributed by atoms with Crippen LogP contribution >= 0.6 is 0 Å². The number of rotatable bonds is 6. The Labute approximate surface area is 198 Å². The van der Waals surface area contributed by atoms with Gasteiger partial charge in [0.1, 0.15) is 12.1 Å². The number of ether oxygens (including phenoxy) is 1. The van der Waals surface area contributed by atoms with Gasteiger partial charge in [0, 0.05) is 24.4 Å². The van der Waals surface area contributed by atoms with E-state index in [1.165, 1.54) is 17.5 Å². The number of likely N-dealkylation sites (tertiary alicyclic amines) is 1. The van der Waals surface area contributed by atoms with E-state index in [2.05, 4.69) is 92.4 Å². The van der Waals surface area contributed by atoms with Gasteiger partial charge in [-0.25, -0.2) is 0 Å². The molecule has 174 valence electrons. The fourth-order valence-corrected chi connectivity index (χ4v) is 6.54. The van der Waals surface area contributed by atoms with Gasteiger partial charge in [-0.05, 0) is 41.7 Å². The van der Waals surface area contributed by atoms with Crippen LogP contribution in [0.1, 0.15) is 57.6 Å². The molecule has 2 fully saturated rings. The Balaban J connectivity index is 1.36. The second-order valence-electron chi connectivity index (χ2n) is 11.0. The lowest BCUT2D eigenvalue weighted by atomic mass is 9.64. The maximum Gasteiger partial charge on any atom is 0.324 e. The summed E-state index contributed by atoms with van der Waals surface area (Å²) in [5, 5.41) is 0. The summed E-state index contributed by atoms with van der Waals surface area (Å²) in [4.78, 5) is 16.1. The van der Waals surface area contributed by atoms with Gasteiger partial charge in [0.2, 0.25) is 0 Å². The van der Waals surface area contributed by atoms with Crippen LogP contribution in [0.5, 0.6) is 0 Å². The summed E-state index contributed by atoms with van der Waals surface area (Å²) in [7, 11) is 0. The van der Waals surface area contributed by atoms with Gasteiger partial charge >= 0.3 is 5.97 Å². The third-order valence-electron chi connectivity index (χ3n) is 8.50. The van der Waals surface area contributed by atoms with Crippen LogP contribution in [0.4, 0.5) is 0 Å². The van der Waals surface area contributed by atoms with E-state index in [9.17, 15) is 4.79 Å². The van der Waals surface area contributed by atoms with Crippen molar-refractivity contribution in [1.29, 1.82) is 0 Å². The molecule has 0 N–H and O–H groups in total. The largest absolute Gasteiger partial charge is 0.461 e. The molecule has 5 rings (SSSR count). The van der Waals surface area contributed by atoms with Crippen LogP contribution in [0.3, 0.4) is 0 Å². The fraction of sp³-hybridized carbons (Fsp3) is 0.500. The standard InChI is InChI=1S/C30H37NO2/c1-21-14-17-26(30(2,3)24-12-8-5-9-13-24)27(18-21)33-29(32)28-23-15-16-25(19-23)31(28)20-22-10-6-4-7-11-22/h4-13,15-16,21,23,25-28H,14,17-20H2,1-3H3/t21-,23-,25+,26-,27-,28+/m1/s1. The van der Waals surface area contributed by atoms with Crippen molar-refractivity contribution in [2.75, 3.05) is 0 Å². The molecule has 0 aromatic heterocycles. The molecular formula is C30H37NO2. The van der Waals surface area contributed by atoms with Gasteiger partial charge in [0.15, 0.2) is 0 Å². The number of benzene rings is 2. The average Bonchev–Trinajstić information content (AvgIpc) is 3.42. The van der Waals surface area contributed by atoms with Gasteiger partial charge in [-0.15, -0.1) is 0 Å². The average molecular weight is 444 g/mol. The number of fused-ring (bicyclic) bond motifs is 2. The molecule has 33 heavy (non-hydrogen) atoms. The Bertz CT molecular complexity index is 983. The van der Waals surface area contributed by atoms with Gasteiger partial charge in [0.25, 0.3) is 0 Å². The SMILES string of the molecule is C[C@@H]1CC[C@@H](C(C)(C)c2ccccc2)[C@H](OC(=O)[C@@H]2[C@@H]3C=C[C@@H](C3)N2Cc2ccccc2)C1. The van der Waals surface area contributed by atoms with E-state index >= 15 is 0 Å². The predicted molar refractivity (Wildman–Crippen MR) is 133 cm³/mol. The third kappa shape index (κ3) is 4.40. The molecule has 3 aliphatic rings. The lowest BCUT2D eigenvalue weighted by Crippen LogP contribution is -2.49. The lowest BCUT2D eigenvalue weighted by molar-refractivity contribution is -0.163. The van der Waals surface area contributed by atoms with Gasteiger partial charge in [0.05, 0.1) is 0 Å². The summed E-state index contributed by atoms with van der Waals surface area (Å²) >= 11 is 0. The van der Waals surface area contributed by atoms with Crippen molar-refractivity contribution in [3.63, 3.8) is 0 Å². The van der Waals surface area contributed by atoms with Gasteiger partial charge in [-0.1, -0.05) is 100 Å². The highest BCUT2D eigenvalue weighted by atomic mass is 16.5. The third-order valence-corrected chi connectivity index (χ3v) is 8.50. The quantitative estimate of drug-likeness (QED) is 0.397. The van der Waals surface area contributed by atoms with Gasteiger partial charge < -0.3 is 4.74 Å². The van der Waals surface area contributed by atoms with E-state index < -0.39 is 0 Å². The summed E-state index contributed by atoms with van der Waals surface area (Å²) in [6.07, 6.45) is 8.79. The van der Waals surface area contributed by atoms with Gasteiger partial charge in [-0.2, -0.15) is 0 Å². The summed E-state index contributed by atoms with van der Waals surface area (Å²) < 4.78 is 6.47. The van der Waals surface area contributed by atoms with Crippen LogP contribution in [-0.2, 0) is 21.5 Å². The molecule has 2 aromatic rings. The van der Waals surface area contributed by atoms with E-state index in [-0.39, 0.29) is 29.4 Å². The first-order chi connectivity index (χ1) is 15.9. The highest BCUT2D eigenvalue weighted by Gasteiger charge is 2.49. The van der Waals surface area contributed by atoms with Crippen molar-refractivity contribution >= 4 is 5.97 Å². The summed E-state index contributed by atoms with van der Waals surface area (Å²) in [5.74, 6) is 1.17. The Kier molecular flexibility index (Phi) is 6.18. The van der Waals surface area contributed by atoms with E-state index in [1.807, 2.05) is 6.07 Å². The number of nitrogens with zero attached hydrogens (tertiary/aromatic N) is 1. The Hall–Kier alpha value is -2.39. The molecule has 0 amide bonds. The highest BCUT2D eigenvalue weighted by Crippen LogP contribution is 2.45. The summed E-state index contributed by atoms with van der Waals surface area (Å²) in [5.41, 5.74) is 2.55. The van der Waals surface area contributed by atoms with Crippen molar-refractivity contribution in [3.8, 4) is 0 Å². The minimum atomic E-state index is -0.169. The van der Waals surface area contributed by atoms with E-state index in [0.717, 1.165) is 25.8 Å². The molecule has 1 saturated carbocycles. The topological polar surface area (TPSA) is 29.5 Å². The molecule has 2 aromatic carbocycles. The number of esters is 1. The molecule has 1 heterocycles. The second kappa shape index (κ2) is 9.10. The van der Waals surface area contributed by atoms with Crippen molar-refractivity contribution in [2.45, 2.75) is 76.6 Å². The smallest absolute Gasteiger partial charge is 0.324 e. The zero-order valence-electron chi connectivity index (χ0n) is 20.2. The van der Waals surface area contributed by atoms with E-state index in [0.29, 0.717) is 17.9 Å². The number of carbonyl (C=O) groups is 1. The number of hydrogen-bond donors (Lipinski definition) is 0. The van der Waals surface area contributed by atoms with Gasteiger partial charge in [-0.3, -0.25) is 9.69 Å². The normalized spacial score (nSPS) is 31.6. The van der Waals surface area contributed by atoms with E-state index in [1.54, 1.807) is 0 Å². The zero-order chi connectivity index (χ0) is 23.0. The molecule has 0 radical (unpaired) electrons. The van der Waals surface area contributed by atoms with Crippen molar-refractivity contribution in [2.24, 2.45) is 17.8 Å². The van der Waals surface area contributed by atoms with Crippen LogP contribution in [0.15, 0.2) is 72.8 Å². The maximum absolute atomic E-state index is 13.7.